The van der Waals surface area contributed by atoms with Crippen LogP contribution in [0.4, 0.5) is 16.2 Å². The van der Waals surface area contributed by atoms with Crippen molar-refractivity contribution in [2.45, 2.75) is 50.8 Å². The van der Waals surface area contributed by atoms with Gasteiger partial charge in [-0.15, -0.1) is 11.8 Å². The zero-order valence-electron chi connectivity index (χ0n) is 22.3. The maximum absolute atomic E-state index is 12.1. The molecule has 8 nitrogen and oxygen atoms in total. The Hall–Kier alpha value is -3.37. The molecule has 1 aliphatic heterocycles. The Balaban J connectivity index is 1.54. The SMILES string of the molecule is CCNC(=O)Nc1cccc(C2O[C@H](CSc3ccc(NC(C)=O)cc3)[C@H](C)[C@H](c3ccc(CO)cc3)O2)c1. The lowest BCUT2D eigenvalue weighted by molar-refractivity contribution is -0.268. The van der Waals surface area contributed by atoms with E-state index in [1.54, 1.807) is 11.8 Å². The van der Waals surface area contributed by atoms with E-state index in [0.717, 1.165) is 27.3 Å². The highest BCUT2D eigenvalue weighted by Gasteiger charge is 2.38. The van der Waals surface area contributed by atoms with E-state index in [9.17, 15) is 14.7 Å². The van der Waals surface area contributed by atoms with E-state index < -0.39 is 6.29 Å². The van der Waals surface area contributed by atoms with Crippen LogP contribution < -0.4 is 16.0 Å². The third kappa shape index (κ3) is 7.83. The summed E-state index contributed by atoms with van der Waals surface area (Å²) in [5.41, 5.74) is 4.07. The molecular formula is C30H35N3O5S. The zero-order valence-corrected chi connectivity index (χ0v) is 23.2. The van der Waals surface area contributed by atoms with Crippen molar-refractivity contribution in [1.82, 2.24) is 5.32 Å². The molecule has 4 rings (SSSR count). The van der Waals surface area contributed by atoms with Crippen LogP contribution in [0.1, 0.15) is 49.9 Å². The number of rotatable bonds is 9. The van der Waals surface area contributed by atoms with Crippen molar-refractivity contribution in [2.75, 3.05) is 22.9 Å². The molecule has 4 atom stereocenters. The quantitative estimate of drug-likeness (QED) is 0.249. The average molecular weight is 550 g/mol. The van der Waals surface area contributed by atoms with Crippen LogP contribution in [0.25, 0.3) is 0 Å². The second kappa shape index (κ2) is 13.6. The van der Waals surface area contributed by atoms with Crippen LogP contribution in [-0.2, 0) is 20.9 Å². The third-order valence-electron chi connectivity index (χ3n) is 6.47. The summed E-state index contributed by atoms with van der Waals surface area (Å²) in [6.45, 7) is 5.99. The van der Waals surface area contributed by atoms with Gasteiger partial charge in [-0.05, 0) is 54.4 Å². The van der Waals surface area contributed by atoms with Gasteiger partial charge in [0.1, 0.15) is 0 Å². The molecule has 0 saturated carbocycles. The number of ether oxygens (including phenoxy) is 2. The number of urea groups is 1. The highest BCUT2D eigenvalue weighted by atomic mass is 32.2. The van der Waals surface area contributed by atoms with Crippen molar-refractivity contribution in [3.8, 4) is 0 Å². The summed E-state index contributed by atoms with van der Waals surface area (Å²) in [7, 11) is 0. The molecule has 4 N–H and O–H groups in total. The predicted octanol–water partition coefficient (Wildman–Crippen LogP) is 5.86. The van der Waals surface area contributed by atoms with E-state index in [1.165, 1.54) is 6.92 Å². The predicted molar refractivity (Wildman–Crippen MR) is 154 cm³/mol. The van der Waals surface area contributed by atoms with E-state index in [4.69, 9.17) is 9.47 Å². The number of benzene rings is 3. The van der Waals surface area contributed by atoms with Crippen LogP contribution in [0.15, 0.2) is 77.7 Å². The van der Waals surface area contributed by atoms with Crippen LogP contribution in [0.2, 0.25) is 0 Å². The zero-order chi connectivity index (χ0) is 27.8. The molecule has 0 aromatic heterocycles. The van der Waals surface area contributed by atoms with Crippen LogP contribution in [0.3, 0.4) is 0 Å². The van der Waals surface area contributed by atoms with Gasteiger partial charge in [0.25, 0.3) is 0 Å². The average Bonchev–Trinajstić information content (AvgIpc) is 2.93. The van der Waals surface area contributed by atoms with Gasteiger partial charge in [0.2, 0.25) is 5.91 Å². The number of amides is 3. The number of thioether (sulfide) groups is 1. The molecule has 9 heteroatoms. The number of aliphatic hydroxyl groups is 1. The number of carbonyl (C=O) groups excluding carboxylic acids is 2. The molecular weight excluding hydrogens is 514 g/mol. The molecule has 0 aliphatic carbocycles. The van der Waals surface area contributed by atoms with E-state index in [2.05, 4.69) is 22.9 Å². The van der Waals surface area contributed by atoms with E-state index in [0.29, 0.717) is 18.0 Å². The summed E-state index contributed by atoms with van der Waals surface area (Å²) in [5.74, 6) is 0.640. The Morgan fingerprint density at radius 2 is 1.67 bits per heavy atom. The molecule has 39 heavy (non-hydrogen) atoms. The molecule has 1 heterocycles. The lowest BCUT2D eigenvalue weighted by Crippen LogP contribution is -2.38. The maximum Gasteiger partial charge on any atom is 0.319 e. The van der Waals surface area contributed by atoms with Crippen molar-refractivity contribution in [3.63, 3.8) is 0 Å². The largest absolute Gasteiger partial charge is 0.392 e. The van der Waals surface area contributed by atoms with Crippen LogP contribution >= 0.6 is 11.8 Å². The van der Waals surface area contributed by atoms with Crippen LogP contribution in [0.5, 0.6) is 0 Å². The summed E-state index contributed by atoms with van der Waals surface area (Å²) in [4.78, 5) is 24.4. The monoisotopic (exact) mass is 549 g/mol. The normalized spacial score (nSPS) is 20.7. The number of hydrogen-bond acceptors (Lipinski definition) is 6. The van der Waals surface area contributed by atoms with Crippen molar-refractivity contribution in [1.29, 1.82) is 0 Å². The Kier molecular flexibility index (Phi) is 10.00. The van der Waals surface area contributed by atoms with Crippen molar-refractivity contribution in [3.05, 3.63) is 89.5 Å². The van der Waals surface area contributed by atoms with Gasteiger partial charge in [-0.1, -0.05) is 43.3 Å². The fraction of sp³-hybridized carbons (Fsp3) is 0.333. The molecule has 3 aromatic carbocycles. The van der Waals surface area contributed by atoms with Gasteiger partial charge < -0.3 is 30.5 Å². The summed E-state index contributed by atoms with van der Waals surface area (Å²) in [6.07, 6.45) is -0.997. The Morgan fingerprint density at radius 3 is 2.33 bits per heavy atom. The second-order valence-electron chi connectivity index (χ2n) is 9.45. The first-order chi connectivity index (χ1) is 18.9. The lowest BCUT2D eigenvalue weighted by atomic mass is 9.91. The topological polar surface area (TPSA) is 109 Å². The number of anilines is 2. The molecule has 1 saturated heterocycles. The van der Waals surface area contributed by atoms with Gasteiger partial charge in [-0.2, -0.15) is 0 Å². The van der Waals surface area contributed by atoms with E-state index in [1.807, 2.05) is 79.7 Å². The summed E-state index contributed by atoms with van der Waals surface area (Å²) < 4.78 is 13.0. The first-order valence-corrected chi connectivity index (χ1v) is 14.0. The standard InChI is InChI=1S/C30H35N3O5S/c1-4-31-30(36)33-25-7-5-6-23(16-25)29-37-27(18-39-26-14-12-24(13-15-26)32-20(3)35)19(2)28(38-29)22-10-8-21(17-34)9-11-22/h5-16,19,27-29,34H,4,17-18H2,1-3H3,(H,32,35)(H2,31,33,36)/t19-,27+,28+,29?/m0/s1. The van der Waals surface area contributed by atoms with E-state index >= 15 is 0 Å². The smallest absolute Gasteiger partial charge is 0.319 e. The minimum absolute atomic E-state index is 0.0154. The number of nitrogens with one attached hydrogen (secondary N) is 3. The van der Waals surface area contributed by atoms with Crippen LogP contribution in [0, 0.1) is 5.92 Å². The third-order valence-corrected chi connectivity index (χ3v) is 7.57. The fourth-order valence-electron chi connectivity index (χ4n) is 4.42. The Morgan fingerprint density at radius 1 is 0.923 bits per heavy atom. The Labute approximate surface area is 233 Å². The minimum atomic E-state index is -0.632. The van der Waals surface area contributed by atoms with Gasteiger partial charge >= 0.3 is 6.03 Å². The maximum atomic E-state index is 12.1. The number of carbonyl (C=O) groups is 2. The molecule has 0 radical (unpaired) electrons. The van der Waals surface area contributed by atoms with Gasteiger partial charge in [-0.3, -0.25) is 4.79 Å². The molecule has 0 spiro atoms. The first kappa shape index (κ1) is 28.6. The van der Waals surface area contributed by atoms with Crippen molar-refractivity contribution >= 4 is 35.1 Å². The highest BCUT2D eigenvalue weighted by Crippen LogP contribution is 2.43. The molecule has 1 fully saturated rings. The molecule has 1 unspecified atom stereocenters. The van der Waals surface area contributed by atoms with Gasteiger partial charge in [0.05, 0.1) is 18.8 Å². The summed E-state index contributed by atoms with van der Waals surface area (Å²) >= 11 is 1.68. The molecule has 1 aliphatic rings. The van der Waals surface area contributed by atoms with E-state index in [-0.39, 0.29) is 36.7 Å². The van der Waals surface area contributed by atoms with Gasteiger partial charge in [-0.25, -0.2) is 4.79 Å². The lowest BCUT2D eigenvalue weighted by Gasteiger charge is -2.41. The number of hydrogen-bond donors (Lipinski definition) is 4. The van der Waals surface area contributed by atoms with Crippen LogP contribution in [-0.4, -0.2) is 35.4 Å². The molecule has 0 bridgehead atoms. The van der Waals surface area contributed by atoms with Gasteiger partial charge in [0.15, 0.2) is 6.29 Å². The van der Waals surface area contributed by atoms with Gasteiger partial charge in [0, 0.05) is 47.0 Å². The van der Waals surface area contributed by atoms with Crippen molar-refractivity contribution in [2.24, 2.45) is 5.92 Å². The summed E-state index contributed by atoms with van der Waals surface area (Å²) in [5, 5.41) is 17.8. The molecule has 206 valence electrons. The molecule has 3 amide bonds. The fourth-order valence-corrected chi connectivity index (χ4v) is 5.49. The van der Waals surface area contributed by atoms with Crippen molar-refractivity contribution < 1.29 is 24.2 Å². The molecule has 3 aromatic rings. The Bertz CT molecular complexity index is 1250. The first-order valence-electron chi connectivity index (χ1n) is 13.0. The minimum Gasteiger partial charge on any atom is -0.392 e. The highest BCUT2D eigenvalue weighted by molar-refractivity contribution is 7.99. The number of aliphatic hydroxyl groups excluding tert-OH is 1. The summed E-state index contributed by atoms with van der Waals surface area (Å²) in [6, 6.07) is 22.8. The second-order valence-corrected chi connectivity index (χ2v) is 10.5.